The molecule has 26 heavy (non-hydrogen) atoms. The van der Waals surface area contributed by atoms with Crippen LogP contribution >= 0.6 is 0 Å². The van der Waals surface area contributed by atoms with E-state index in [2.05, 4.69) is 52.0 Å². The van der Waals surface area contributed by atoms with Crippen molar-refractivity contribution in [2.24, 2.45) is 0 Å². The Labute approximate surface area is 155 Å². The van der Waals surface area contributed by atoms with Crippen LogP contribution in [0.5, 0.6) is 11.5 Å². The second-order valence-corrected chi connectivity index (χ2v) is 7.41. The molecule has 138 valence electrons. The van der Waals surface area contributed by atoms with Gasteiger partial charge in [-0.25, -0.2) is 0 Å². The van der Waals surface area contributed by atoms with E-state index in [-0.39, 0.29) is 12.2 Å². The maximum atomic E-state index is 5.95. The highest BCUT2D eigenvalue weighted by atomic mass is 16.6. The molecule has 0 aromatic heterocycles. The highest BCUT2D eigenvalue weighted by Crippen LogP contribution is 2.34. The van der Waals surface area contributed by atoms with Gasteiger partial charge in [-0.15, -0.1) is 0 Å². The van der Waals surface area contributed by atoms with E-state index in [1.807, 2.05) is 0 Å². The molecule has 4 nitrogen and oxygen atoms in total. The minimum Gasteiger partial charge on any atom is -0.490 e. The highest BCUT2D eigenvalue weighted by molar-refractivity contribution is 5.70. The van der Waals surface area contributed by atoms with Gasteiger partial charge in [0.25, 0.3) is 0 Å². The van der Waals surface area contributed by atoms with Gasteiger partial charge in [-0.1, -0.05) is 0 Å². The number of benzene rings is 2. The minimum atomic E-state index is 0.271. The molecule has 2 aliphatic heterocycles. The van der Waals surface area contributed by atoms with Crippen LogP contribution in [-0.4, -0.2) is 38.6 Å². The fraction of sp³-hybridized carbons (Fsp3) is 0.455. The molecule has 2 atom stereocenters. The first-order valence-corrected chi connectivity index (χ1v) is 9.23. The Balaban J connectivity index is 1.57. The Morgan fingerprint density at radius 2 is 1.00 bits per heavy atom. The highest BCUT2D eigenvalue weighted by Gasteiger charge is 2.25. The molecular formula is C22H26O4. The zero-order valence-electron chi connectivity index (χ0n) is 15.9. The molecule has 0 amide bonds. The molecule has 4 rings (SSSR count). The molecule has 1 unspecified atom stereocenters. The summed E-state index contributed by atoms with van der Waals surface area (Å²) >= 11 is 0. The normalized spacial score (nSPS) is 20.8. The molecule has 0 spiro atoms. The van der Waals surface area contributed by atoms with Crippen molar-refractivity contribution in [2.45, 2.75) is 39.9 Å². The third-order valence-corrected chi connectivity index (χ3v) is 4.89. The lowest BCUT2D eigenvalue weighted by atomic mass is 9.96. The van der Waals surface area contributed by atoms with E-state index < -0.39 is 0 Å². The zero-order valence-corrected chi connectivity index (χ0v) is 15.9. The van der Waals surface area contributed by atoms with E-state index in [0.717, 1.165) is 47.0 Å². The summed E-state index contributed by atoms with van der Waals surface area (Å²) in [6.45, 7) is 11.3. The second kappa shape index (κ2) is 6.93. The fourth-order valence-corrected chi connectivity index (χ4v) is 3.37. The lowest BCUT2D eigenvalue weighted by Crippen LogP contribution is -2.07. The van der Waals surface area contributed by atoms with Crippen LogP contribution in [0.1, 0.15) is 22.3 Å². The molecule has 2 heterocycles. The molecule has 2 aromatic rings. The van der Waals surface area contributed by atoms with Crippen molar-refractivity contribution < 1.29 is 18.9 Å². The van der Waals surface area contributed by atoms with E-state index >= 15 is 0 Å². The predicted molar refractivity (Wildman–Crippen MR) is 101 cm³/mol. The van der Waals surface area contributed by atoms with Crippen molar-refractivity contribution >= 4 is 0 Å². The van der Waals surface area contributed by atoms with Crippen molar-refractivity contribution in [1.82, 2.24) is 0 Å². The maximum Gasteiger partial charge on any atom is 0.125 e. The van der Waals surface area contributed by atoms with Crippen LogP contribution in [0.2, 0.25) is 0 Å². The molecule has 2 aliphatic rings. The molecule has 4 heteroatoms. The largest absolute Gasteiger partial charge is 0.490 e. The summed E-state index contributed by atoms with van der Waals surface area (Å²) in [5, 5.41) is 0. The van der Waals surface area contributed by atoms with E-state index in [0.29, 0.717) is 13.2 Å². The first-order valence-electron chi connectivity index (χ1n) is 9.23. The number of hydrogen-bond acceptors (Lipinski definition) is 4. The summed E-state index contributed by atoms with van der Waals surface area (Å²) in [6, 6.07) is 8.79. The molecular weight excluding hydrogens is 328 g/mol. The Hall–Kier alpha value is -2.04. The SMILES string of the molecule is Cc1cc(-c2cc(C)c(OC[C@H]3CO3)c(C)c2)cc(C)c1OCC1CO1. The quantitative estimate of drug-likeness (QED) is 0.701. The van der Waals surface area contributed by atoms with E-state index in [1.165, 1.54) is 11.1 Å². The molecule has 2 fully saturated rings. The maximum absolute atomic E-state index is 5.95. The van der Waals surface area contributed by atoms with Crippen molar-refractivity contribution in [2.75, 3.05) is 26.4 Å². The lowest BCUT2D eigenvalue weighted by molar-refractivity contribution is 0.260. The molecule has 0 aliphatic carbocycles. The first kappa shape index (κ1) is 17.4. The number of epoxide rings is 2. The Kier molecular flexibility index (Phi) is 4.63. The summed E-state index contributed by atoms with van der Waals surface area (Å²) in [7, 11) is 0. The van der Waals surface area contributed by atoms with Gasteiger partial charge < -0.3 is 18.9 Å². The molecule has 0 radical (unpaired) electrons. The van der Waals surface area contributed by atoms with Gasteiger partial charge in [-0.05, 0) is 85.3 Å². The first-order chi connectivity index (χ1) is 12.5. The van der Waals surface area contributed by atoms with Gasteiger partial charge in [-0.3, -0.25) is 0 Å². The van der Waals surface area contributed by atoms with Gasteiger partial charge in [0.1, 0.15) is 36.9 Å². The molecule has 0 saturated carbocycles. The van der Waals surface area contributed by atoms with Crippen LogP contribution in [0.25, 0.3) is 11.1 Å². The minimum absolute atomic E-state index is 0.271. The molecule has 0 bridgehead atoms. The Morgan fingerprint density at radius 1 is 0.692 bits per heavy atom. The van der Waals surface area contributed by atoms with Crippen LogP contribution in [0.15, 0.2) is 24.3 Å². The van der Waals surface area contributed by atoms with Gasteiger partial charge >= 0.3 is 0 Å². The van der Waals surface area contributed by atoms with Crippen molar-refractivity contribution in [1.29, 1.82) is 0 Å². The number of hydrogen-bond donors (Lipinski definition) is 0. The third-order valence-electron chi connectivity index (χ3n) is 4.89. The van der Waals surface area contributed by atoms with Crippen molar-refractivity contribution in [3.63, 3.8) is 0 Å². The average Bonchev–Trinajstić information content (AvgIpc) is 3.47. The smallest absolute Gasteiger partial charge is 0.125 e. The monoisotopic (exact) mass is 354 g/mol. The van der Waals surface area contributed by atoms with E-state index in [9.17, 15) is 0 Å². The number of aryl methyl sites for hydroxylation is 4. The van der Waals surface area contributed by atoms with E-state index in [4.69, 9.17) is 18.9 Å². The van der Waals surface area contributed by atoms with Gasteiger partial charge in [0.2, 0.25) is 0 Å². The second-order valence-electron chi connectivity index (χ2n) is 7.41. The Bertz CT molecular complexity index is 703. The topological polar surface area (TPSA) is 43.5 Å². The third kappa shape index (κ3) is 3.87. The standard InChI is InChI=1S/C22H26O4/c1-13-5-17(6-14(2)21(13)25-11-19-9-23-19)18-7-15(3)22(16(4)8-18)26-12-20-10-24-20/h5-8,19-20H,9-12H2,1-4H3/t19-,20?/m1/s1. The molecule has 0 N–H and O–H groups in total. The van der Waals surface area contributed by atoms with Crippen LogP contribution in [0.4, 0.5) is 0 Å². The summed E-state index contributed by atoms with van der Waals surface area (Å²) in [5.41, 5.74) is 7.03. The van der Waals surface area contributed by atoms with Gasteiger partial charge in [0, 0.05) is 0 Å². The van der Waals surface area contributed by atoms with Crippen LogP contribution in [0, 0.1) is 27.7 Å². The molecule has 2 aromatic carbocycles. The number of ether oxygens (including phenoxy) is 4. The summed E-state index contributed by atoms with van der Waals surface area (Å²) in [6.07, 6.45) is 0.541. The summed E-state index contributed by atoms with van der Waals surface area (Å²) in [4.78, 5) is 0. The fourth-order valence-electron chi connectivity index (χ4n) is 3.37. The van der Waals surface area contributed by atoms with Gasteiger partial charge in [0.05, 0.1) is 13.2 Å². The predicted octanol–water partition coefficient (Wildman–Crippen LogP) is 4.14. The average molecular weight is 354 g/mol. The van der Waals surface area contributed by atoms with Crippen molar-refractivity contribution in [3.05, 3.63) is 46.5 Å². The lowest BCUT2D eigenvalue weighted by Gasteiger charge is -2.16. The van der Waals surface area contributed by atoms with E-state index in [1.54, 1.807) is 0 Å². The van der Waals surface area contributed by atoms with Crippen LogP contribution < -0.4 is 9.47 Å². The van der Waals surface area contributed by atoms with Crippen LogP contribution in [-0.2, 0) is 9.47 Å². The van der Waals surface area contributed by atoms with Gasteiger partial charge in [-0.2, -0.15) is 0 Å². The van der Waals surface area contributed by atoms with Crippen LogP contribution in [0.3, 0.4) is 0 Å². The Morgan fingerprint density at radius 3 is 1.27 bits per heavy atom. The summed E-state index contributed by atoms with van der Waals surface area (Å²) in [5.74, 6) is 1.95. The molecule has 2 saturated heterocycles. The zero-order chi connectivity index (χ0) is 18.3. The van der Waals surface area contributed by atoms with Gasteiger partial charge in [0.15, 0.2) is 0 Å². The van der Waals surface area contributed by atoms with Crippen molar-refractivity contribution in [3.8, 4) is 22.6 Å². The number of rotatable bonds is 7. The summed E-state index contributed by atoms with van der Waals surface area (Å²) < 4.78 is 22.4.